The molecule has 3 aromatic rings. The van der Waals surface area contributed by atoms with Gasteiger partial charge >= 0.3 is 6.09 Å². The lowest BCUT2D eigenvalue weighted by Crippen LogP contribution is -2.48. The first-order valence-electron chi connectivity index (χ1n) is 14.8. The first kappa shape index (κ1) is 32.0. The summed E-state index contributed by atoms with van der Waals surface area (Å²) in [6.45, 7) is 3.64. The first-order chi connectivity index (χ1) is 20.7. The summed E-state index contributed by atoms with van der Waals surface area (Å²) in [4.78, 5) is 26.7. The van der Waals surface area contributed by atoms with Gasteiger partial charge in [-0.1, -0.05) is 61.0 Å². The molecule has 4 N–H and O–H groups in total. The van der Waals surface area contributed by atoms with E-state index in [1.54, 1.807) is 17.0 Å². The Balaban J connectivity index is 1.73. The Kier molecular flexibility index (Phi) is 10.8. The minimum Gasteiger partial charge on any atom is -0.465 e. The van der Waals surface area contributed by atoms with Crippen LogP contribution in [0.5, 0.6) is 0 Å². The highest BCUT2D eigenvalue weighted by Gasteiger charge is 2.43. The molecule has 2 amide bonds. The van der Waals surface area contributed by atoms with Crippen LogP contribution in [-0.4, -0.2) is 53.8 Å². The van der Waals surface area contributed by atoms with E-state index >= 15 is 0 Å². The first-order valence-corrected chi connectivity index (χ1v) is 15.1. The predicted molar refractivity (Wildman–Crippen MR) is 168 cm³/mol. The number of carboxylic acid groups (broad SMARTS) is 1. The highest BCUT2D eigenvalue weighted by Crippen LogP contribution is 2.45. The summed E-state index contributed by atoms with van der Waals surface area (Å²) in [7, 11) is 1.82. The average Bonchev–Trinajstić information content (AvgIpc) is 3.02. The van der Waals surface area contributed by atoms with Crippen LogP contribution in [0.3, 0.4) is 0 Å². The fourth-order valence-electron chi connectivity index (χ4n) is 6.14. The number of amides is 2. The molecule has 43 heavy (non-hydrogen) atoms. The summed E-state index contributed by atoms with van der Waals surface area (Å²) in [5, 5.41) is 37.6. The number of benzene rings is 3. The quantitative estimate of drug-likeness (QED) is 0.201. The molecular formula is C34H39ClN4O4. The molecule has 0 bridgehead atoms. The highest BCUT2D eigenvalue weighted by molar-refractivity contribution is 6.33. The van der Waals surface area contributed by atoms with Gasteiger partial charge in [-0.05, 0) is 79.6 Å². The number of halogens is 1. The van der Waals surface area contributed by atoms with E-state index in [9.17, 15) is 20.0 Å². The minimum atomic E-state index is -1.41. The van der Waals surface area contributed by atoms with Crippen LogP contribution < -0.4 is 10.6 Å². The number of aryl methyl sites for hydroxylation is 1. The third-order valence-corrected chi connectivity index (χ3v) is 8.63. The Bertz CT molecular complexity index is 1500. The van der Waals surface area contributed by atoms with Gasteiger partial charge in [-0.2, -0.15) is 5.26 Å². The van der Waals surface area contributed by atoms with Crippen LogP contribution in [0.1, 0.15) is 65.2 Å². The van der Waals surface area contributed by atoms with E-state index in [0.29, 0.717) is 54.1 Å². The number of likely N-dealkylation sites (tertiary alicyclic amines) is 1. The SMILES string of the molecule is CCc1cccc(-c2c(Cl)cccc2C(O)(CCCNC(=O)O)C2CCCN(C(=O)c3ccc(CNC)cc3C#N)C2)c1. The summed E-state index contributed by atoms with van der Waals surface area (Å²) in [6.07, 6.45) is 1.72. The van der Waals surface area contributed by atoms with E-state index in [1.807, 2.05) is 43.4 Å². The summed E-state index contributed by atoms with van der Waals surface area (Å²) in [6, 6.07) is 21.1. The molecule has 0 saturated carbocycles. The molecule has 1 fully saturated rings. The van der Waals surface area contributed by atoms with Gasteiger partial charge in [0.05, 0.1) is 22.8 Å². The molecule has 1 heterocycles. The fourth-order valence-corrected chi connectivity index (χ4v) is 6.43. The van der Waals surface area contributed by atoms with Gasteiger partial charge in [0.1, 0.15) is 0 Å². The second-order valence-electron chi connectivity index (χ2n) is 11.1. The van der Waals surface area contributed by atoms with E-state index in [1.165, 1.54) is 0 Å². The zero-order chi connectivity index (χ0) is 31.0. The van der Waals surface area contributed by atoms with Crippen molar-refractivity contribution in [3.63, 3.8) is 0 Å². The Labute approximate surface area is 258 Å². The van der Waals surface area contributed by atoms with Gasteiger partial charge in [-0.15, -0.1) is 0 Å². The van der Waals surface area contributed by atoms with Crippen LogP contribution in [0.25, 0.3) is 11.1 Å². The number of piperidine rings is 1. The highest BCUT2D eigenvalue weighted by atomic mass is 35.5. The van der Waals surface area contributed by atoms with E-state index in [0.717, 1.165) is 28.7 Å². The lowest BCUT2D eigenvalue weighted by atomic mass is 9.72. The number of hydrogen-bond acceptors (Lipinski definition) is 5. The van der Waals surface area contributed by atoms with Crippen molar-refractivity contribution in [2.75, 3.05) is 26.7 Å². The molecule has 1 aliphatic rings. The number of hydrogen-bond donors (Lipinski definition) is 4. The van der Waals surface area contributed by atoms with E-state index in [2.05, 4.69) is 35.8 Å². The molecule has 2 atom stereocenters. The van der Waals surface area contributed by atoms with Crippen LogP contribution in [0.2, 0.25) is 5.02 Å². The van der Waals surface area contributed by atoms with Gasteiger partial charge in [-0.3, -0.25) is 4.79 Å². The molecule has 0 radical (unpaired) electrons. The van der Waals surface area contributed by atoms with Crippen molar-refractivity contribution in [2.24, 2.45) is 5.92 Å². The number of nitrogens with zero attached hydrogens (tertiary/aromatic N) is 2. The van der Waals surface area contributed by atoms with Crippen molar-refractivity contribution < 1.29 is 19.8 Å². The number of aliphatic hydroxyl groups is 1. The monoisotopic (exact) mass is 602 g/mol. The number of nitriles is 1. The second kappa shape index (κ2) is 14.5. The molecule has 4 rings (SSSR count). The van der Waals surface area contributed by atoms with Gasteiger partial charge in [0, 0.05) is 42.7 Å². The Morgan fingerprint density at radius 3 is 2.65 bits per heavy atom. The summed E-state index contributed by atoms with van der Waals surface area (Å²) >= 11 is 6.83. The molecular weight excluding hydrogens is 564 g/mol. The van der Waals surface area contributed by atoms with Crippen LogP contribution in [0.4, 0.5) is 4.79 Å². The Morgan fingerprint density at radius 2 is 1.93 bits per heavy atom. The van der Waals surface area contributed by atoms with Crippen molar-refractivity contribution in [3.8, 4) is 17.2 Å². The Hall–Kier alpha value is -3.90. The largest absolute Gasteiger partial charge is 0.465 e. The zero-order valence-corrected chi connectivity index (χ0v) is 25.5. The van der Waals surface area contributed by atoms with Crippen LogP contribution >= 0.6 is 11.6 Å². The summed E-state index contributed by atoms with van der Waals surface area (Å²) in [5.74, 6) is -0.593. The predicted octanol–water partition coefficient (Wildman–Crippen LogP) is 5.95. The maximum absolute atomic E-state index is 13.8. The van der Waals surface area contributed by atoms with E-state index in [4.69, 9.17) is 16.7 Å². The number of rotatable bonds is 11. The second-order valence-corrected chi connectivity index (χ2v) is 11.5. The van der Waals surface area contributed by atoms with Crippen LogP contribution in [0.15, 0.2) is 60.7 Å². The van der Waals surface area contributed by atoms with Crippen molar-refractivity contribution in [1.82, 2.24) is 15.5 Å². The molecule has 9 heteroatoms. The molecule has 0 spiro atoms. The lowest BCUT2D eigenvalue weighted by molar-refractivity contribution is -0.0563. The maximum Gasteiger partial charge on any atom is 0.404 e. The Morgan fingerprint density at radius 1 is 1.14 bits per heavy atom. The van der Waals surface area contributed by atoms with Crippen LogP contribution in [0, 0.1) is 17.2 Å². The van der Waals surface area contributed by atoms with Gasteiger partial charge in [-0.25, -0.2) is 4.79 Å². The van der Waals surface area contributed by atoms with Crippen LogP contribution in [-0.2, 0) is 18.6 Å². The third-order valence-electron chi connectivity index (χ3n) is 8.31. The van der Waals surface area contributed by atoms with Gasteiger partial charge < -0.3 is 25.7 Å². The van der Waals surface area contributed by atoms with Crippen molar-refractivity contribution in [2.45, 2.75) is 51.2 Å². The molecule has 1 saturated heterocycles. The smallest absolute Gasteiger partial charge is 0.404 e. The van der Waals surface area contributed by atoms with Gasteiger partial charge in [0.25, 0.3) is 5.91 Å². The van der Waals surface area contributed by atoms with Crippen molar-refractivity contribution in [1.29, 1.82) is 5.26 Å². The molecule has 0 aliphatic carbocycles. The van der Waals surface area contributed by atoms with Crippen molar-refractivity contribution >= 4 is 23.6 Å². The minimum absolute atomic E-state index is 0.179. The third kappa shape index (κ3) is 7.37. The average molecular weight is 603 g/mol. The van der Waals surface area contributed by atoms with Crippen molar-refractivity contribution in [3.05, 3.63) is 93.5 Å². The normalized spacial score (nSPS) is 16.3. The molecule has 2 unspecified atom stereocenters. The maximum atomic E-state index is 13.8. The standard InChI is InChI=1S/C34H39ClN4O4/c1-3-23-8-4-9-25(18-23)31-29(11-5-12-30(31)35)34(43,15-7-16-38-33(41)42)27-10-6-17-39(22-27)32(40)28-14-13-24(21-37-2)19-26(28)20-36/h4-5,8-9,11-14,18-19,27,37-38,43H,3,6-7,10,15-17,21-22H2,1-2H3,(H,41,42). The summed E-state index contributed by atoms with van der Waals surface area (Å²) in [5.41, 5.74) is 3.61. The topological polar surface area (TPSA) is 126 Å². The molecule has 3 aromatic carbocycles. The van der Waals surface area contributed by atoms with Gasteiger partial charge in [0.15, 0.2) is 0 Å². The molecule has 226 valence electrons. The molecule has 0 aromatic heterocycles. The number of nitrogens with one attached hydrogen (secondary N) is 2. The number of carbonyl (C=O) groups excluding carboxylic acids is 1. The molecule has 8 nitrogen and oxygen atoms in total. The number of carbonyl (C=O) groups is 2. The van der Waals surface area contributed by atoms with E-state index in [-0.39, 0.29) is 31.3 Å². The van der Waals surface area contributed by atoms with E-state index < -0.39 is 11.7 Å². The molecule has 1 aliphatic heterocycles. The fraction of sp³-hybridized carbons (Fsp3) is 0.382. The lowest BCUT2D eigenvalue weighted by Gasteiger charge is -2.44. The zero-order valence-electron chi connectivity index (χ0n) is 24.7. The van der Waals surface area contributed by atoms with Gasteiger partial charge in [0.2, 0.25) is 0 Å². The summed E-state index contributed by atoms with van der Waals surface area (Å²) < 4.78 is 0.